The maximum absolute atomic E-state index is 12.4. The number of fused-ring (bicyclic) bond motifs is 5. The van der Waals surface area contributed by atoms with Gasteiger partial charge in [-0.3, -0.25) is 4.79 Å². The van der Waals surface area contributed by atoms with Crippen molar-refractivity contribution in [1.82, 2.24) is 0 Å². The zero-order chi connectivity index (χ0) is 14.8. The Kier molecular flexibility index (Phi) is 2.98. The second kappa shape index (κ2) is 4.46. The van der Waals surface area contributed by atoms with Crippen LogP contribution in [0.3, 0.4) is 0 Å². The minimum Gasteiger partial charge on any atom is -0.299 e. The normalized spacial score (nSPS) is 52.7. The predicted molar refractivity (Wildman–Crippen MR) is 85.9 cm³/mol. The largest absolute Gasteiger partial charge is 0.299 e. The first kappa shape index (κ1) is 14.0. The number of carbonyl (C=O) groups is 1. The Morgan fingerprint density at radius 3 is 2.48 bits per heavy atom. The lowest BCUT2D eigenvalue weighted by Gasteiger charge is -2.57. The summed E-state index contributed by atoms with van der Waals surface area (Å²) in [5, 5.41) is 0. The van der Waals surface area contributed by atoms with Crippen LogP contribution in [-0.2, 0) is 4.79 Å². The van der Waals surface area contributed by atoms with E-state index in [1.165, 1.54) is 38.5 Å². The van der Waals surface area contributed by atoms with E-state index in [1.807, 2.05) is 0 Å². The molecule has 0 aromatic rings. The molecule has 6 atom stereocenters. The molecule has 3 unspecified atom stereocenters. The van der Waals surface area contributed by atoms with Gasteiger partial charge < -0.3 is 0 Å². The Balaban J connectivity index is 1.69. The van der Waals surface area contributed by atoms with Gasteiger partial charge in [0.1, 0.15) is 5.78 Å². The van der Waals surface area contributed by atoms with Crippen LogP contribution >= 0.6 is 0 Å². The molecule has 0 N–H and O–H groups in total. The molecule has 0 heterocycles. The Hall–Kier alpha value is -0.590. The second-order valence-corrected chi connectivity index (χ2v) is 8.96. The average molecular weight is 286 g/mol. The number of hydrogen-bond acceptors (Lipinski definition) is 1. The topological polar surface area (TPSA) is 17.1 Å². The third kappa shape index (κ3) is 1.79. The summed E-state index contributed by atoms with van der Waals surface area (Å²) in [5.74, 6) is 3.74. The quantitative estimate of drug-likeness (QED) is 0.562. The van der Waals surface area contributed by atoms with Gasteiger partial charge >= 0.3 is 0 Å². The van der Waals surface area contributed by atoms with E-state index in [-0.39, 0.29) is 5.41 Å². The fraction of sp³-hybridized carbons (Fsp3) is 0.850. The van der Waals surface area contributed by atoms with Gasteiger partial charge in [0, 0.05) is 11.8 Å². The Morgan fingerprint density at radius 2 is 1.67 bits per heavy atom. The van der Waals surface area contributed by atoms with Crippen LogP contribution in [-0.4, -0.2) is 5.78 Å². The summed E-state index contributed by atoms with van der Waals surface area (Å²) < 4.78 is 0. The van der Waals surface area contributed by atoms with Gasteiger partial charge in [0.15, 0.2) is 0 Å². The van der Waals surface area contributed by atoms with Crippen molar-refractivity contribution in [1.29, 1.82) is 0 Å². The molecule has 1 heteroatoms. The van der Waals surface area contributed by atoms with Crippen LogP contribution in [0.1, 0.15) is 72.1 Å². The molecule has 4 aliphatic carbocycles. The molecule has 0 bridgehead atoms. The van der Waals surface area contributed by atoms with Gasteiger partial charge in [-0.05, 0) is 74.0 Å². The van der Waals surface area contributed by atoms with Crippen molar-refractivity contribution < 1.29 is 4.79 Å². The molecule has 1 nitrogen and oxygen atoms in total. The number of rotatable bonds is 0. The van der Waals surface area contributed by atoms with E-state index in [2.05, 4.69) is 26.8 Å². The molecule has 0 spiro atoms. The van der Waals surface area contributed by atoms with E-state index in [4.69, 9.17) is 0 Å². The maximum atomic E-state index is 12.4. The summed E-state index contributed by atoms with van der Waals surface area (Å²) in [6.07, 6.45) is 12.5. The highest BCUT2D eigenvalue weighted by atomic mass is 16.1. The summed E-state index contributed by atoms with van der Waals surface area (Å²) in [4.78, 5) is 12.4. The lowest BCUT2D eigenvalue weighted by Crippen LogP contribution is -2.50. The van der Waals surface area contributed by atoms with Gasteiger partial charge in [-0.2, -0.15) is 0 Å². The summed E-state index contributed by atoms with van der Waals surface area (Å²) in [6, 6.07) is 0. The summed E-state index contributed by atoms with van der Waals surface area (Å²) >= 11 is 0. The predicted octanol–water partition coefficient (Wildman–Crippen LogP) is 5.15. The van der Waals surface area contributed by atoms with Gasteiger partial charge in [0.25, 0.3) is 0 Å². The molecule has 0 aromatic carbocycles. The van der Waals surface area contributed by atoms with Crippen LogP contribution in [0.15, 0.2) is 11.6 Å². The Morgan fingerprint density at radius 1 is 0.952 bits per heavy atom. The molecule has 0 aromatic heterocycles. The first-order chi connectivity index (χ1) is 9.95. The lowest BCUT2D eigenvalue weighted by atomic mass is 9.47. The fourth-order valence-electron chi connectivity index (χ4n) is 6.67. The number of hydrogen-bond donors (Lipinski definition) is 0. The number of Topliss-reactive ketones (excluding diaryl/α,β-unsaturated/α-hetero) is 1. The molecule has 116 valence electrons. The number of ketones is 1. The first-order valence-electron chi connectivity index (χ1n) is 9.19. The van der Waals surface area contributed by atoms with Gasteiger partial charge in [-0.1, -0.05) is 32.4 Å². The highest BCUT2D eigenvalue weighted by Crippen LogP contribution is 2.64. The highest BCUT2D eigenvalue weighted by molar-refractivity contribution is 5.87. The number of carbonyl (C=O) groups excluding carboxylic acids is 1. The summed E-state index contributed by atoms with van der Waals surface area (Å²) in [5.41, 5.74) is 2.28. The van der Waals surface area contributed by atoms with E-state index >= 15 is 0 Å². The highest BCUT2D eigenvalue weighted by Gasteiger charge is 2.58. The van der Waals surface area contributed by atoms with Crippen LogP contribution < -0.4 is 0 Å². The van der Waals surface area contributed by atoms with E-state index in [0.717, 1.165) is 30.6 Å². The van der Waals surface area contributed by atoms with Crippen LogP contribution in [0.2, 0.25) is 0 Å². The van der Waals surface area contributed by atoms with E-state index < -0.39 is 0 Å². The van der Waals surface area contributed by atoms with Gasteiger partial charge in [-0.15, -0.1) is 0 Å². The van der Waals surface area contributed by atoms with Crippen LogP contribution in [0.25, 0.3) is 0 Å². The van der Waals surface area contributed by atoms with Gasteiger partial charge in [0.05, 0.1) is 0 Å². The summed E-state index contributed by atoms with van der Waals surface area (Å²) in [7, 11) is 0. The van der Waals surface area contributed by atoms with Crippen molar-refractivity contribution in [2.45, 2.75) is 72.1 Å². The molecule has 3 saturated carbocycles. The molecular formula is C20H30O. The van der Waals surface area contributed by atoms with Crippen LogP contribution in [0.5, 0.6) is 0 Å². The average Bonchev–Trinajstić information content (AvgIpc) is 2.76. The van der Waals surface area contributed by atoms with Crippen molar-refractivity contribution in [3.8, 4) is 0 Å². The van der Waals surface area contributed by atoms with Crippen LogP contribution in [0, 0.1) is 34.5 Å². The first-order valence-corrected chi connectivity index (χ1v) is 9.19. The molecule has 0 aliphatic heterocycles. The van der Waals surface area contributed by atoms with Gasteiger partial charge in [-0.25, -0.2) is 0 Å². The fourth-order valence-corrected chi connectivity index (χ4v) is 6.67. The molecule has 3 fully saturated rings. The van der Waals surface area contributed by atoms with E-state index in [1.54, 1.807) is 5.57 Å². The smallest absolute Gasteiger partial charge is 0.139 e. The molecular weight excluding hydrogens is 256 g/mol. The third-order valence-corrected chi connectivity index (χ3v) is 8.05. The summed E-state index contributed by atoms with van der Waals surface area (Å²) in [6.45, 7) is 7.23. The van der Waals surface area contributed by atoms with Crippen molar-refractivity contribution in [3.05, 3.63) is 11.6 Å². The molecule has 4 rings (SSSR count). The molecule has 21 heavy (non-hydrogen) atoms. The Bertz CT molecular complexity index is 504. The molecule has 0 saturated heterocycles. The lowest BCUT2D eigenvalue weighted by molar-refractivity contribution is -0.132. The van der Waals surface area contributed by atoms with E-state index in [0.29, 0.717) is 17.1 Å². The van der Waals surface area contributed by atoms with Crippen molar-refractivity contribution in [2.75, 3.05) is 0 Å². The van der Waals surface area contributed by atoms with Crippen molar-refractivity contribution in [2.24, 2.45) is 34.5 Å². The monoisotopic (exact) mass is 286 g/mol. The van der Waals surface area contributed by atoms with Crippen LogP contribution in [0.4, 0.5) is 0 Å². The minimum atomic E-state index is 0.0424. The SMILES string of the molecule is C[C@@H]1C=C2CCC3C(CC[C@]4(C)C(=O)CCC34)[C@@]2(C)CC1. The second-order valence-electron chi connectivity index (χ2n) is 8.96. The van der Waals surface area contributed by atoms with Gasteiger partial charge in [0.2, 0.25) is 0 Å². The third-order valence-electron chi connectivity index (χ3n) is 8.05. The Labute approximate surface area is 129 Å². The molecule has 0 radical (unpaired) electrons. The maximum Gasteiger partial charge on any atom is 0.139 e. The minimum absolute atomic E-state index is 0.0424. The zero-order valence-electron chi connectivity index (χ0n) is 14.0. The number of allylic oxidation sites excluding steroid dienone is 2. The van der Waals surface area contributed by atoms with E-state index in [9.17, 15) is 4.79 Å². The zero-order valence-corrected chi connectivity index (χ0v) is 14.0. The van der Waals surface area contributed by atoms with Crippen molar-refractivity contribution in [3.63, 3.8) is 0 Å². The standard InChI is InChI=1S/C20H30O/c1-13-8-10-19(2)14(12-13)4-5-15-16-6-7-18(21)20(16,3)11-9-17(15)19/h12-13,15-17H,4-11H2,1-3H3/t13-,15?,16?,17?,19-,20-/m0/s1. The molecule has 0 amide bonds. The van der Waals surface area contributed by atoms with Crippen molar-refractivity contribution >= 4 is 5.78 Å². The molecule has 4 aliphatic rings.